The highest BCUT2D eigenvalue weighted by atomic mass is 16.4. The number of hydrogen-bond donors (Lipinski definition) is 0. The third-order valence-electron chi connectivity index (χ3n) is 3.02. The predicted molar refractivity (Wildman–Crippen MR) is 69.4 cm³/mol. The number of nitriles is 1. The lowest BCUT2D eigenvalue weighted by atomic mass is 10.2. The molecule has 0 N–H and O–H groups in total. The van der Waals surface area contributed by atoms with Crippen LogP contribution in [0.1, 0.15) is 24.3 Å². The normalized spacial score (nSPS) is 10.7. The Hall–Kier alpha value is -2.61. The molecule has 1 aromatic carbocycles. The Morgan fingerprint density at radius 2 is 2.11 bits per heavy atom. The molecule has 0 aliphatic rings. The van der Waals surface area contributed by atoms with E-state index in [0.29, 0.717) is 23.9 Å². The molecule has 0 spiro atoms. The fourth-order valence-corrected chi connectivity index (χ4v) is 2.03. The molecule has 2 heterocycles. The first-order valence-corrected chi connectivity index (χ1v) is 6.10. The van der Waals surface area contributed by atoms with E-state index in [0.717, 1.165) is 17.3 Å². The summed E-state index contributed by atoms with van der Waals surface area (Å²) in [7, 11) is 0. The van der Waals surface area contributed by atoms with E-state index in [1.165, 1.54) is 0 Å². The van der Waals surface area contributed by atoms with Crippen molar-refractivity contribution in [1.29, 1.82) is 5.26 Å². The Balaban J connectivity index is 1.98. The van der Waals surface area contributed by atoms with Crippen molar-refractivity contribution in [2.75, 3.05) is 0 Å². The topological polar surface area (TPSA) is 67.6 Å². The molecule has 94 valence electrons. The summed E-state index contributed by atoms with van der Waals surface area (Å²) in [5.74, 6) is 1.22. The highest BCUT2D eigenvalue weighted by Crippen LogP contribution is 2.18. The molecule has 0 aliphatic carbocycles. The largest absolute Gasteiger partial charge is 0.423 e. The lowest BCUT2D eigenvalue weighted by molar-refractivity contribution is 0.444. The van der Waals surface area contributed by atoms with Gasteiger partial charge in [0.05, 0.1) is 11.6 Å². The molecular weight excluding hydrogens is 240 g/mol. The lowest BCUT2D eigenvalue weighted by Gasteiger charge is -2.01. The van der Waals surface area contributed by atoms with Gasteiger partial charge in [-0.15, -0.1) is 10.2 Å². The quantitative estimate of drug-likeness (QED) is 0.718. The van der Waals surface area contributed by atoms with E-state index in [1.54, 1.807) is 0 Å². The van der Waals surface area contributed by atoms with E-state index in [1.807, 2.05) is 42.0 Å². The van der Waals surface area contributed by atoms with E-state index >= 15 is 0 Å². The van der Waals surface area contributed by atoms with Crippen molar-refractivity contribution in [2.45, 2.75) is 19.9 Å². The molecule has 0 saturated heterocycles. The summed E-state index contributed by atoms with van der Waals surface area (Å²) >= 11 is 0. The van der Waals surface area contributed by atoms with Crippen molar-refractivity contribution in [1.82, 2.24) is 14.8 Å². The number of hydrogen-bond acceptors (Lipinski definition) is 4. The van der Waals surface area contributed by atoms with E-state index < -0.39 is 0 Å². The zero-order valence-corrected chi connectivity index (χ0v) is 10.5. The van der Waals surface area contributed by atoms with Crippen LogP contribution in [0.3, 0.4) is 0 Å². The fourth-order valence-electron chi connectivity index (χ4n) is 2.03. The summed E-state index contributed by atoms with van der Waals surface area (Å²) in [6.07, 6.45) is 2.69. The Morgan fingerprint density at radius 3 is 2.84 bits per heavy atom. The average molecular weight is 252 g/mol. The van der Waals surface area contributed by atoms with Crippen LogP contribution in [0.15, 0.2) is 34.9 Å². The van der Waals surface area contributed by atoms with Gasteiger partial charge < -0.3 is 8.98 Å². The van der Waals surface area contributed by atoms with Crippen molar-refractivity contribution in [3.8, 4) is 6.07 Å². The maximum Gasteiger partial charge on any atom is 0.236 e. The molecule has 0 radical (unpaired) electrons. The predicted octanol–water partition coefficient (Wildman–Crippen LogP) is 2.51. The number of nitrogens with zero attached hydrogens (tertiary/aromatic N) is 4. The molecule has 0 saturated carbocycles. The van der Waals surface area contributed by atoms with Crippen molar-refractivity contribution in [3.63, 3.8) is 0 Å². The second-order valence-electron chi connectivity index (χ2n) is 4.27. The first-order chi connectivity index (χ1) is 9.30. The third-order valence-corrected chi connectivity index (χ3v) is 3.02. The summed E-state index contributed by atoms with van der Waals surface area (Å²) in [4.78, 5) is 0. The fraction of sp³-hybridized carbons (Fsp3) is 0.214. The Morgan fingerprint density at radius 1 is 1.26 bits per heavy atom. The van der Waals surface area contributed by atoms with Gasteiger partial charge in [-0.1, -0.05) is 13.0 Å². The standard InChI is InChI=1S/C14H12N4O/c1-2-13-16-17-14(19-13)9-18-6-5-11-4-3-10(8-15)7-12(11)18/h3-7H,2,9H2,1H3. The van der Waals surface area contributed by atoms with E-state index in [4.69, 9.17) is 9.68 Å². The van der Waals surface area contributed by atoms with Gasteiger partial charge in [-0.05, 0) is 23.6 Å². The Kier molecular flexibility index (Phi) is 2.76. The lowest BCUT2D eigenvalue weighted by Crippen LogP contribution is -1.98. The van der Waals surface area contributed by atoms with Crippen LogP contribution in [0.25, 0.3) is 10.9 Å². The van der Waals surface area contributed by atoms with Gasteiger partial charge in [-0.3, -0.25) is 0 Å². The molecule has 0 unspecified atom stereocenters. The van der Waals surface area contributed by atoms with Crippen LogP contribution in [-0.2, 0) is 13.0 Å². The van der Waals surface area contributed by atoms with Gasteiger partial charge >= 0.3 is 0 Å². The molecule has 5 nitrogen and oxygen atoms in total. The zero-order chi connectivity index (χ0) is 13.2. The van der Waals surface area contributed by atoms with Crippen LogP contribution in [0.2, 0.25) is 0 Å². The van der Waals surface area contributed by atoms with E-state index in [2.05, 4.69) is 16.3 Å². The van der Waals surface area contributed by atoms with Crippen LogP contribution in [0.5, 0.6) is 0 Å². The van der Waals surface area contributed by atoms with Crippen LogP contribution in [0, 0.1) is 11.3 Å². The Bertz CT molecular complexity index is 763. The number of fused-ring (bicyclic) bond motifs is 1. The minimum atomic E-state index is 0.519. The molecule has 0 amide bonds. The summed E-state index contributed by atoms with van der Waals surface area (Å²) in [6, 6.07) is 9.78. The minimum Gasteiger partial charge on any atom is -0.423 e. The van der Waals surface area contributed by atoms with Gasteiger partial charge in [0.2, 0.25) is 11.8 Å². The molecular formula is C14H12N4O. The number of aryl methyl sites for hydroxylation is 1. The van der Waals surface area contributed by atoms with Crippen LogP contribution < -0.4 is 0 Å². The highest BCUT2D eigenvalue weighted by molar-refractivity contribution is 5.81. The molecule has 0 atom stereocenters. The third kappa shape index (κ3) is 2.08. The molecule has 0 aliphatic heterocycles. The molecule has 19 heavy (non-hydrogen) atoms. The van der Waals surface area contributed by atoms with Crippen LogP contribution >= 0.6 is 0 Å². The summed E-state index contributed by atoms with van der Waals surface area (Å²) in [6.45, 7) is 2.49. The number of aromatic nitrogens is 3. The van der Waals surface area contributed by atoms with Crippen molar-refractivity contribution >= 4 is 10.9 Å². The van der Waals surface area contributed by atoms with E-state index in [9.17, 15) is 0 Å². The first-order valence-electron chi connectivity index (χ1n) is 6.10. The maximum absolute atomic E-state index is 8.95. The summed E-state index contributed by atoms with van der Waals surface area (Å²) in [5.41, 5.74) is 1.64. The second kappa shape index (κ2) is 4.58. The van der Waals surface area contributed by atoms with Crippen LogP contribution in [-0.4, -0.2) is 14.8 Å². The second-order valence-corrected chi connectivity index (χ2v) is 4.27. The smallest absolute Gasteiger partial charge is 0.236 e. The highest BCUT2D eigenvalue weighted by Gasteiger charge is 2.08. The SMILES string of the molecule is CCc1nnc(Cn2ccc3ccc(C#N)cc32)o1. The summed E-state index contributed by atoms with van der Waals surface area (Å²) in [5, 5.41) is 18.0. The molecule has 0 bridgehead atoms. The summed E-state index contributed by atoms with van der Waals surface area (Å²) < 4.78 is 7.51. The minimum absolute atomic E-state index is 0.519. The molecule has 2 aromatic heterocycles. The number of rotatable bonds is 3. The first kappa shape index (κ1) is 11.5. The van der Waals surface area contributed by atoms with Gasteiger partial charge in [-0.2, -0.15) is 5.26 Å². The van der Waals surface area contributed by atoms with Gasteiger partial charge in [0, 0.05) is 18.1 Å². The molecule has 3 rings (SSSR count). The molecule has 3 aromatic rings. The van der Waals surface area contributed by atoms with Crippen LogP contribution in [0.4, 0.5) is 0 Å². The molecule has 0 fully saturated rings. The van der Waals surface area contributed by atoms with Crippen molar-refractivity contribution in [2.24, 2.45) is 0 Å². The monoisotopic (exact) mass is 252 g/mol. The van der Waals surface area contributed by atoms with E-state index in [-0.39, 0.29) is 0 Å². The van der Waals surface area contributed by atoms with Gasteiger partial charge in [0.1, 0.15) is 6.54 Å². The maximum atomic E-state index is 8.95. The van der Waals surface area contributed by atoms with Crippen molar-refractivity contribution in [3.05, 3.63) is 47.8 Å². The molecule has 5 heteroatoms. The average Bonchev–Trinajstić information content (AvgIpc) is 3.06. The number of benzene rings is 1. The van der Waals surface area contributed by atoms with Gasteiger partial charge in [0.25, 0.3) is 0 Å². The Labute approximate surface area is 110 Å². The van der Waals surface area contributed by atoms with Gasteiger partial charge in [-0.25, -0.2) is 0 Å². The van der Waals surface area contributed by atoms with Crippen molar-refractivity contribution < 1.29 is 4.42 Å². The van der Waals surface area contributed by atoms with Gasteiger partial charge in [0.15, 0.2) is 0 Å². The zero-order valence-electron chi connectivity index (χ0n) is 10.5.